The number of carbonyl (C=O) groups is 1. The summed E-state index contributed by atoms with van der Waals surface area (Å²) in [4.78, 5) is 32.1. The lowest BCUT2D eigenvalue weighted by Crippen LogP contribution is -2.39. The van der Waals surface area contributed by atoms with E-state index in [0.29, 0.717) is 45.3 Å². The fraction of sp³-hybridized carbons (Fsp3) is 0.206. The Morgan fingerprint density at radius 2 is 1.63 bits per heavy atom. The van der Waals surface area contributed by atoms with E-state index in [2.05, 4.69) is 11.6 Å². The highest BCUT2D eigenvalue weighted by atomic mass is 32.1. The lowest BCUT2D eigenvalue weighted by Gasteiger charge is -2.24. The molecular formula is C34H32N2O6S. The van der Waals surface area contributed by atoms with Crippen molar-refractivity contribution in [1.82, 2.24) is 4.57 Å². The van der Waals surface area contributed by atoms with Crippen LogP contribution in [0.4, 0.5) is 0 Å². The highest BCUT2D eigenvalue weighted by Gasteiger charge is 2.33. The van der Waals surface area contributed by atoms with E-state index >= 15 is 0 Å². The van der Waals surface area contributed by atoms with Crippen molar-refractivity contribution < 1.29 is 23.7 Å². The van der Waals surface area contributed by atoms with Gasteiger partial charge in [0.25, 0.3) is 5.56 Å². The molecule has 0 N–H and O–H groups in total. The van der Waals surface area contributed by atoms with Crippen LogP contribution in [0.5, 0.6) is 17.2 Å². The van der Waals surface area contributed by atoms with Gasteiger partial charge in [0.15, 0.2) is 4.80 Å². The summed E-state index contributed by atoms with van der Waals surface area (Å²) in [6, 6.07) is 21.9. The number of hydrogen-bond donors (Lipinski definition) is 0. The van der Waals surface area contributed by atoms with Crippen LogP contribution < -0.4 is 29.1 Å². The van der Waals surface area contributed by atoms with Crippen LogP contribution >= 0.6 is 11.3 Å². The first-order valence-electron chi connectivity index (χ1n) is 13.8. The van der Waals surface area contributed by atoms with Gasteiger partial charge in [-0.1, -0.05) is 60.4 Å². The van der Waals surface area contributed by atoms with Gasteiger partial charge in [-0.15, -0.1) is 0 Å². The summed E-state index contributed by atoms with van der Waals surface area (Å²) >= 11 is 1.28. The van der Waals surface area contributed by atoms with E-state index in [9.17, 15) is 9.59 Å². The van der Waals surface area contributed by atoms with E-state index < -0.39 is 12.0 Å². The zero-order valence-electron chi connectivity index (χ0n) is 24.2. The summed E-state index contributed by atoms with van der Waals surface area (Å²) < 4.78 is 24.2. The number of nitrogens with zero attached hydrogens (tertiary/aromatic N) is 2. The Kier molecular flexibility index (Phi) is 9.22. The Balaban J connectivity index is 1.45. The quantitative estimate of drug-likeness (QED) is 0.180. The summed E-state index contributed by atoms with van der Waals surface area (Å²) in [6.07, 6.45) is 3.49. The number of thiazole rings is 1. The van der Waals surface area contributed by atoms with Crippen LogP contribution in [0.2, 0.25) is 0 Å². The average Bonchev–Trinajstić information content (AvgIpc) is 3.33. The molecule has 220 valence electrons. The zero-order valence-corrected chi connectivity index (χ0v) is 25.1. The fourth-order valence-electron chi connectivity index (χ4n) is 4.71. The van der Waals surface area contributed by atoms with E-state index in [-0.39, 0.29) is 12.2 Å². The second-order valence-electron chi connectivity index (χ2n) is 9.68. The fourth-order valence-corrected chi connectivity index (χ4v) is 5.76. The smallest absolute Gasteiger partial charge is 0.338 e. The third-order valence-electron chi connectivity index (χ3n) is 6.82. The Hall–Kier alpha value is -4.89. The van der Waals surface area contributed by atoms with Crippen LogP contribution in [-0.2, 0) is 16.1 Å². The molecule has 43 heavy (non-hydrogen) atoms. The van der Waals surface area contributed by atoms with Crippen molar-refractivity contribution in [1.29, 1.82) is 0 Å². The monoisotopic (exact) mass is 596 g/mol. The normalized spacial score (nSPS) is 14.5. The molecule has 0 aliphatic carbocycles. The molecule has 2 heterocycles. The van der Waals surface area contributed by atoms with E-state index in [1.165, 1.54) is 11.3 Å². The summed E-state index contributed by atoms with van der Waals surface area (Å²) in [5.74, 6) is 1.67. The van der Waals surface area contributed by atoms with Crippen LogP contribution in [0.25, 0.3) is 6.08 Å². The second kappa shape index (κ2) is 13.4. The molecule has 3 aromatic carbocycles. The molecule has 1 aromatic heterocycles. The Bertz CT molecular complexity index is 1820. The Morgan fingerprint density at radius 1 is 0.977 bits per heavy atom. The van der Waals surface area contributed by atoms with Crippen molar-refractivity contribution in [2.75, 3.05) is 20.3 Å². The number of carbonyl (C=O) groups excluding carboxylic acids is 1. The lowest BCUT2D eigenvalue weighted by molar-refractivity contribution is -0.139. The molecule has 0 saturated heterocycles. The van der Waals surface area contributed by atoms with Gasteiger partial charge in [-0.05, 0) is 73.0 Å². The van der Waals surface area contributed by atoms with Crippen LogP contribution in [0.15, 0.2) is 107 Å². The van der Waals surface area contributed by atoms with Gasteiger partial charge in [-0.25, -0.2) is 9.79 Å². The predicted molar refractivity (Wildman–Crippen MR) is 166 cm³/mol. The minimum Gasteiger partial charge on any atom is -0.497 e. The van der Waals surface area contributed by atoms with Gasteiger partial charge in [0.05, 0.1) is 35.6 Å². The molecule has 1 aliphatic rings. The van der Waals surface area contributed by atoms with Gasteiger partial charge in [0, 0.05) is 0 Å². The van der Waals surface area contributed by atoms with Crippen molar-refractivity contribution in [3.8, 4) is 17.2 Å². The average molecular weight is 597 g/mol. The molecular weight excluding hydrogens is 564 g/mol. The first-order valence-corrected chi connectivity index (χ1v) is 14.6. The van der Waals surface area contributed by atoms with E-state index in [0.717, 1.165) is 22.4 Å². The topological polar surface area (TPSA) is 88.4 Å². The number of allylic oxidation sites excluding steroid dienone is 1. The Labute approximate surface area is 253 Å². The van der Waals surface area contributed by atoms with Crippen LogP contribution in [0, 0.1) is 0 Å². The summed E-state index contributed by atoms with van der Waals surface area (Å²) in [6.45, 7) is 8.19. The van der Waals surface area contributed by atoms with Crippen molar-refractivity contribution in [2.45, 2.75) is 26.5 Å². The van der Waals surface area contributed by atoms with Crippen LogP contribution in [-0.4, -0.2) is 30.9 Å². The molecule has 0 amide bonds. The maximum absolute atomic E-state index is 13.9. The molecule has 1 aliphatic heterocycles. The van der Waals surface area contributed by atoms with Crippen molar-refractivity contribution in [3.63, 3.8) is 0 Å². The van der Waals surface area contributed by atoms with Crippen LogP contribution in [0.1, 0.15) is 36.6 Å². The van der Waals surface area contributed by atoms with E-state index in [1.54, 1.807) is 31.6 Å². The van der Waals surface area contributed by atoms with Crippen molar-refractivity contribution in [2.24, 2.45) is 4.99 Å². The molecule has 5 rings (SSSR count). The first kappa shape index (κ1) is 29.6. The minimum absolute atomic E-state index is 0.209. The Morgan fingerprint density at radius 3 is 2.28 bits per heavy atom. The van der Waals surface area contributed by atoms with Gasteiger partial charge in [0.2, 0.25) is 0 Å². The number of fused-ring (bicyclic) bond motifs is 1. The molecule has 0 radical (unpaired) electrons. The molecule has 0 fully saturated rings. The number of ether oxygens (including phenoxy) is 4. The van der Waals surface area contributed by atoms with Gasteiger partial charge < -0.3 is 18.9 Å². The zero-order chi connectivity index (χ0) is 30.3. The van der Waals surface area contributed by atoms with Gasteiger partial charge >= 0.3 is 5.97 Å². The lowest BCUT2D eigenvalue weighted by atomic mass is 9.96. The molecule has 0 bridgehead atoms. The number of rotatable bonds is 11. The third-order valence-corrected chi connectivity index (χ3v) is 7.81. The molecule has 4 aromatic rings. The standard InChI is InChI=1S/C34H32N2O6S/c1-5-19-41-27-17-11-25(12-18-27)31-30(33(38)40-6-2)22(3)35-34-36(31)32(37)29(43-34)20-23-7-15-28(16-8-23)42-21-24-9-13-26(39-4)14-10-24/h5,7-18,20,31H,1,6,19,21H2,2-4H3/b29-20-/t31-/m1/s1. The third kappa shape index (κ3) is 6.62. The van der Waals surface area contributed by atoms with Crippen LogP contribution in [0.3, 0.4) is 0 Å². The highest BCUT2D eigenvalue weighted by molar-refractivity contribution is 7.07. The highest BCUT2D eigenvalue weighted by Crippen LogP contribution is 2.31. The summed E-state index contributed by atoms with van der Waals surface area (Å²) in [5, 5.41) is 0. The molecule has 0 spiro atoms. The van der Waals surface area contributed by atoms with Gasteiger partial charge in [-0.3, -0.25) is 9.36 Å². The maximum Gasteiger partial charge on any atom is 0.338 e. The number of esters is 1. The maximum atomic E-state index is 13.9. The minimum atomic E-state index is -0.695. The second-order valence-corrected chi connectivity index (χ2v) is 10.7. The van der Waals surface area contributed by atoms with Gasteiger partial charge in [0.1, 0.15) is 30.5 Å². The van der Waals surface area contributed by atoms with Gasteiger partial charge in [-0.2, -0.15) is 0 Å². The van der Waals surface area contributed by atoms with Crippen molar-refractivity contribution >= 4 is 23.4 Å². The molecule has 8 nitrogen and oxygen atoms in total. The summed E-state index contributed by atoms with van der Waals surface area (Å²) in [5.41, 5.74) is 3.21. The number of benzene rings is 3. The molecule has 0 unspecified atom stereocenters. The largest absolute Gasteiger partial charge is 0.497 e. The van der Waals surface area contributed by atoms with E-state index in [4.69, 9.17) is 18.9 Å². The number of hydrogen-bond acceptors (Lipinski definition) is 8. The number of aromatic nitrogens is 1. The van der Waals surface area contributed by atoms with E-state index in [1.807, 2.05) is 78.9 Å². The predicted octanol–water partition coefficient (Wildman–Crippen LogP) is 4.95. The molecule has 0 saturated carbocycles. The molecule has 1 atom stereocenters. The summed E-state index contributed by atoms with van der Waals surface area (Å²) in [7, 11) is 1.63. The number of methoxy groups -OCH3 is 1. The first-order chi connectivity index (χ1) is 20.9. The van der Waals surface area contributed by atoms with Crippen molar-refractivity contribution in [3.05, 3.63) is 133 Å². The molecule has 9 heteroatoms. The SMILES string of the molecule is C=CCOc1ccc([C@@H]2C(C(=O)OCC)=C(C)N=c3s/c(=C\c4ccc(OCc5ccc(OC)cc5)cc4)c(=O)n32)cc1.